The quantitative estimate of drug-likeness (QED) is 0.897. The van der Waals surface area contributed by atoms with Crippen LogP contribution in [0.3, 0.4) is 0 Å². The highest BCUT2D eigenvalue weighted by molar-refractivity contribution is 5.93. The Balaban J connectivity index is 2.18. The molecule has 20 heavy (non-hydrogen) atoms. The normalized spacial score (nSPS) is 19.2. The Bertz CT molecular complexity index is 478. The first kappa shape index (κ1) is 14.3. The molecule has 0 spiro atoms. The van der Waals surface area contributed by atoms with Gasteiger partial charge in [0.25, 0.3) is 0 Å². The number of anilines is 1. The molecule has 2 heterocycles. The lowest BCUT2D eigenvalue weighted by atomic mass is 10.1. The molecule has 1 saturated heterocycles. The van der Waals surface area contributed by atoms with E-state index >= 15 is 0 Å². The fourth-order valence-corrected chi connectivity index (χ4v) is 2.45. The number of likely N-dealkylation sites (tertiary alicyclic amines) is 1. The van der Waals surface area contributed by atoms with Gasteiger partial charge in [0.2, 0.25) is 0 Å². The molecular formula is C14H19N3O3. The van der Waals surface area contributed by atoms with Gasteiger partial charge in [-0.2, -0.15) is 0 Å². The Morgan fingerprint density at radius 3 is 2.85 bits per heavy atom. The number of carbonyl (C=O) groups excluding carboxylic acids is 1. The minimum atomic E-state index is -0.931. The van der Waals surface area contributed by atoms with Crippen molar-refractivity contribution in [1.82, 2.24) is 9.88 Å². The van der Waals surface area contributed by atoms with Crippen LogP contribution in [0.5, 0.6) is 0 Å². The zero-order chi connectivity index (χ0) is 14.5. The summed E-state index contributed by atoms with van der Waals surface area (Å²) in [5, 5.41) is 9.31. The summed E-state index contributed by atoms with van der Waals surface area (Å²) in [7, 11) is 1.64. The second kappa shape index (κ2) is 6.36. The van der Waals surface area contributed by atoms with Gasteiger partial charge in [0.1, 0.15) is 6.04 Å². The number of carboxylic acid groups (broad SMARTS) is 1. The summed E-state index contributed by atoms with van der Waals surface area (Å²) < 4.78 is 0. The zero-order valence-electron chi connectivity index (χ0n) is 11.5. The molecule has 0 radical (unpaired) electrons. The van der Waals surface area contributed by atoms with Gasteiger partial charge < -0.3 is 10.0 Å². The van der Waals surface area contributed by atoms with Crippen molar-refractivity contribution < 1.29 is 14.7 Å². The van der Waals surface area contributed by atoms with Crippen LogP contribution in [0.15, 0.2) is 24.5 Å². The summed E-state index contributed by atoms with van der Waals surface area (Å²) in [6.07, 6.45) is 6.39. The predicted molar refractivity (Wildman–Crippen MR) is 74.6 cm³/mol. The van der Waals surface area contributed by atoms with Crippen LogP contribution in [0, 0.1) is 0 Å². The predicted octanol–water partition coefficient (Wildman–Crippen LogP) is 1.97. The van der Waals surface area contributed by atoms with Crippen LogP contribution < -0.4 is 4.90 Å². The van der Waals surface area contributed by atoms with E-state index in [0.29, 0.717) is 18.7 Å². The standard InChI is InChI=1S/C14H19N3O3/c1-16(11-6-5-8-15-10-11)14(20)17-9-4-2-3-7-12(17)13(18)19/h5-6,8,10,12H,2-4,7,9H2,1H3,(H,18,19). The Hall–Kier alpha value is -2.11. The van der Waals surface area contributed by atoms with Crippen molar-refractivity contribution in [2.24, 2.45) is 0 Å². The van der Waals surface area contributed by atoms with Gasteiger partial charge in [0.05, 0.1) is 11.9 Å². The summed E-state index contributed by atoms with van der Waals surface area (Å²) >= 11 is 0. The van der Waals surface area contributed by atoms with E-state index in [1.165, 1.54) is 9.80 Å². The lowest BCUT2D eigenvalue weighted by Crippen LogP contribution is -2.50. The minimum Gasteiger partial charge on any atom is -0.480 e. The summed E-state index contributed by atoms with van der Waals surface area (Å²) in [5.41, 5.74) is 0.658. The molecule has 1 atom stereocenters. The SMILES string of the molecule is CN(C(=O)N1CCCCCC1C(=O)O)c1cccnc1. The highest BCUT2D eigenvalue weighted by Crippen LogP contribution is 2.20. The zero-order valence-corrected chi connectivity index (χ0v) is 11.5. The number of rotatable bonds is 2. The van der Waals surface area contributed by atoms with E-state index in [-0.39, 0.29) is 6.03 Å². The lowest BCUT2D eigenvalue weighted by Gasteiger charge is -2.31. The number of hydrogen-bond donors (Lipinski definition) is 1. The van der Waals surface area contributed by atoms with Crippen molar-refractivity contribution in [3.63, 3.8) is 0 Å². The van der Waals surface area contributed by atoms with Crippen LogP contribution in [0.1, 0.15) is 25.7 Å². The first-order valence-corrected chi connectivity index (χ1v) is 6.78. The molecule has 108 valence electrons. The van der Waals surface area contributed by atoms with Crippen molar-refractivity contribution >= 4 is 17.7 Å². The molecule has 2 amide bonds. The van der Waals surface area contributed by atoms with E-state index < -0.39 is 12.0 Å². The van der Waals surface area contributed by atoms with Crippen LogP contribution in [-0.4, -0.2) is 46.6 Å². The van der Waals surface area contributed by atoms with E-state index in [4.69, 9.17) is 0 Å². The van der Waals surface area contributed by atoms with Crippen LogP contribution in [0.2, 0.25) is 0 Å². The first-order chi connectivity index (χ1) is 9.61. The number of aliphatic carboxylic acids is 1. The monoisotopic (exact) mass is 277 g/mol. The van der Waals surface area contributed by atoms with E-state index in [1.807, 2.05) is 0 Å². The molecule has 0 aliphatic carbocycles. The molecule has 2 rings (SSSR count). The van der Waals surface area contributed by atoms with E-state index in [0.717, 1.165) is 19.3 Å². The molecule has 0 bridgehead atoms. The maximum absolute atomic E-state index is 12.5. The van der Waals surface area contributed by atoms with Gasteiger partial charge >= 0.3 is 12.0 Å². The van der Waals surface area contributed by atoms with Crippen molar-refractivity contribution in [1.29, 1.82) is 0 Å². The van der Waals surface area contributed by atoms with Crippen molar-refractivity contribution in [2.45, 2.75) is 31.7 Å². The molecule has 1 fully saturated rings. The number of pyridine rings is 1. The second-order valence-corrected chi connectivity index (χ2v) is 4.95. The van der Waals surface area contributed by atoms with Crippen molar-refractivity contribution in [2.75, 3.05) is 18.5 Å². The fourth-order valence-electron chi connectivity index (χ4n) is 2.45. The average molecular weight is 277 g/mol. The fraction of sp³-hybridized carbons (Fsp3) is 0.500. The molecule has 6 nitrogen and oxygen atoms in total. The number of nitrogens with zero attached hydrogens (tertiary/aromatic N) is 3. The molecule has 1 aromatic rings. The van der Waals surface area contributed by atoms with Gasteiger partial charge in [-0.15, -0.1) is 0 Å². The molecule has 6 heteroatoms. The first-order valence-electron chi connectivity index (χ1n) is 6.78. The van der Waals surface area contributed by atoms with Gasteiger partial charge in [0.15, 0.2) is 0 Å². The van der Waals surface area contributed by atoms with Gasteiger partial charge in [0, 0.05) is 19.8 Å². The molecule has 0 saturated carbocycles. The van der Waals surface area contributed by atoms with Crippen LogP contribution >= 0.6 is 0 Å². The third kappa shape index (κ3) is 3.07. The molecule has 1 aliphatic heterocycles. The molecular weight excluding hydrogens is 258 g/mol. The number of hydrogen-bond acceptors (Lipinski definition) is 3. The summed E-state index contributed by atoms with van der Waals surface area (Å²) in [6.45, 7) is 0.487. The number of amides is 2. The third-order valence-electron chi connectivity index (χ3n) is 3.60. The molecule has 1 aliphatic rings. The molecule has 1 N–H and O–H groups in total. The van der Waals surface area contributed by atoms with Crippen molar-refractivity contribution in [3.05, 3.63) is 24.5 Å². The third-order valence-corrected chi connectivity index (χ3v) is 3.60. The summed E-state index contributed by atoms with van der Waals surface area (Å²) in [5.74, 6) is -0.931. The van der Waals surface area contributed by atoms with Crippen molar-refractivity contribution in [3.8, 4) is 0 Å². The topological polar surface area (TPSA) is 73.7 Å². The van der Waals surface area contributed by atoms with Gasteiger partial charge in [-0.25, -0.2) is 9.59 Å². The largest absolute Gasteiger partial charge is 0.480 e. The highest BCUT2D eigenvalue weighted by atomic mass is 16.4. The van der Waals surface area contributed by atoms with E-state index in [1.54, 1.807) is 31.6 Å². The number of carbonyl (C=O) groups is 2. The smallest absolute Gasteiger partial charge is 0.326 e. The minimum absolute atomic E-state index is 0.285. The Morgan fingerprint density at radius 2 is 2.20 bits per heavy atom. The summed E-state index contributed by atoms with van der Waals surface area (Å²) in [6, 6.07) is 2.51. The Kier molecular flexibility index (Phi) is 4.55. The summed E-state index contributed by atoms with van der Waals surface area (Å²) in [4.78, 5) is 30.8. The second-order valence-electron chi connectivity index (χ2n) is 4.95. The number of aromatic nitrogens is 1. The number of urea groups is 1. The number of carboxylic acids is 1. The van der Waals surface area contributed by atoms with Crippen LogP contribution in [-0.2, 0) is 4.79 Å². The van der Waals surface area contributed by atoms with Crippen LogP contribution in [0.4, 0.5) is 10.5 Å². The lowest BCUT2D eigenvalue weighted by molar-refractivity contribution is -0.142. The maximum Gasteiger partial charge on any atom is 0.326 e. The van der Waals surface area contributed by atoms with Crippen LogP contribution in [0.25, 0.3) is 0 Å². The van der Waals surface area contributed by atoms with Gasteiger partial charge in [-0.3, -0.25) is 9.88 Å². The molecule has 1 aromatic heterocycles. The van der Waals surface area contributed by atoms with Gasteiger partial charge in [-0.05, 0) is 25.0 Å². The van der Waals surface area contributed by atoms with E-state index in [2.05, 4.69) is 4.98 Å². The molecule has 0 aromatic carbocycles. The van der Waals surface area contributed by atoms with Gasteiger partial charge in [-0.1, -0.05) is 12.8 Å². The highest BCUT2D eigenvalue weighted by Gasteiger charge is 2.32. The Labute approximate surface area is 118 Å². The van der Waals surface area contributed by atoms with E-state index in [9.17, 15) is 14.7 Å². The maximum atomic E-state index is 12.5. The molecule has 1 unspecified atom stereocenters. The average Bonchev–Trinajstić information content (AvgIpc) is 2.72. The Morgan fingerprint density at radius 1 is 1.40 bits per heavy atom.